The lowest BCUT2D eigenvalue weighted by Gasteiger charge is -2.25. The molecule has 136 valence electrons. The van der Waals surface area contributed by atoms with Crippen LogP contribution in [0.5, 0.6) is 11.5 Å². The molecule has 0 unspecified atom stereocenters. The maximum atomic E-state index is 12.2. The number of amides is 1. The Kier molecular flexibility index (Phi) is 4.67. The molecule has 2 aromatic rings. The van der Waals surface area contributed by atoms with Crippen molar-refractivity contribution in [1.82, 2.24) is 10.2 Å². The average Bonchev–Trinajstić information content (AvgIpc) is 3.29. The third kappa shape index (κ3) is 3.75. The number of hydrogen-bond donors (Lipinski definition) is 1. The summed E-state index contributed by atoms with van der Waals surface area (Å²) in [5, 5.41) is 2.97. The minimum absolute atomic E-state index is 0.0216. The second-order valence-electron chi connectivity index (χ2n) is 6.59. The van der Waals surface area contributed by atoms with E-state index in [1.165, 1.54) is 5.57 Å². The third-order valence-electron chi connectivity index (χ3n) is 4.64. The number of hydrogen-bond acceptors (Lipinski definition) is 5. The van der Waals surface area contributed by atoms with Gasteiger partial charge in [0.25, 0.3) is 0 Å². The van der Waals surface area contributed by atoms with Crippen LogP contribution in [0.15, 0.2) is 40.8 Å². The number of benzene rings is 1. The van der Waals surface area contributed by atoms with Crippen LogP contribution in [0.4, 0.5) is 0 Å². The number of ether oxygens (including phenoxy) is 2. The van der Waals surface area contributed by atoms with Crippen molar-refractivity contribution in [2.24, 2.45) is 0 Å². The zero-order chi connectivity index (χ0) is 17.9. The van der Waals surface area contributed by atoms with Crippen molar-refractivity contribution in [1.29, 1.82) is 0 Å². The normalized spacial score (nSPS) is 16.4. The Balaban J connectivity index is 1.26. The Morgan fingerprint density at radius 3 is 2.85 bits per heavy atom. The van der Waals surface area contributed by atoms with Crippen molar-refractivity contribution in [2.75, 3.05) is 26.4 Å². The van der Waals surface area contributed by atoms with E-state index in [0.717, 1.165) is 48.1 Å². The molecular weight excluding hydrogens is 332 g/mol. The van der Waals surface area contributed by atoms with Gasteiger partial charge in [-0.2, -0.15) is 0 Å². The molecular formula is C20H22N2O4. The molecule has 26 heavy (non-hydrogen) atoms. The predicted molar refractivity (Wildman–Crippen MR) is 96.9 cm³/mol. The van der Waals surface area contributed by atoms with Gasteiger partial charge in [-0.1, -0.05) is 12.1 Å². The van der Waals surface area contributed by atoms with E-state index in [4.69, 9.17) is 13.9 Å². The second kappa shape index (κ2) is 7.25. The first-order valence-electron chi connectivity index (χ1n) is 8.81. The molecule has 0 saturated heterocycles. The van der Waals surface area contributed by atoms with Gasteiger partial charge >= 0.3 is 0 Å². The Labute approximate surface area is 152 Å². The summed E-state index contributed by atoms with van der Waals surface area (Å²) in [5.74, 6) is 3.37. The Hall–Kier alpha value is -2.73. The number of aryl methyl sites for hydroxylation is 1. The summed E-state index contributed by atoms with van der Waals surface area (Å²) in [6.07, 6.45) is 3.04. The highest BCUT2D eigenvalue weighted by molar-refractivity contribution is 5.78. The quantitative estimate of drug-likeness (QED) is 0.894. The SMILES string of the molecule is Cc1ccc(C2=CCN(CC(=O)NCc3ccc4c(c3)OCO4)CC2)o1. The minimum atomic E-state index is 0.0216. The summed E-state index contributed by atoms with van der Waals surface area (Å²) in [5.41, 5.74) is 2.21. The zero-order valence-electron chi connectivity index (χ0n) is 14.8. The Bertz CT molecular complexity index is 840. The number of carbonyl (C=O) groups is 1. The number of carbonyl (C=O) groups excluding carboxylic acids is 1. The molecule has 0 radical (unpaired) electrons. The van der Waals surface area contributed by atoms with Gasteiger partial charge in [0.1, 0.15) is 11.5 Å². The number of fused-ring (bicyclic) bond motifs is 1. The largest absolute Gasteiger partial charge is 0.462 e. The molecule has 3 heterocycles. The van der Waals surface area contributed by atoms with E-state index < -0.39 is 0 Å². The van der Waals surface area contributed by atoms with Gasteiger partial charge in [0.15, 0.2) is 11.5 Å². The van der Waals surface area contributed by atoms with Crippen molar-refractivity contribution < 1.29 is 18.7 Å². The van der Waals surface area contributed by atoms with E-state index in [2.05, 4.69) is 16.3 Å². The fraction of sp³-hybridized carbons (Fsp3) is 0.350. The van der Waals surface area contributed by atoms with Crippen LogP contribution in [0.1, 0.15) is 23.5 Å². The van der Waals surface area contributed by atoms with Gasteiger partial charge in [-0.05, 0) is 48.7 Å². The average molecular weight is 354 g/mol. The molecule has 0 fully saturated rings. The lowest BCUT2D eigenvalue weighted by atomic mass is 10.1. The molecule has 2 aliphatic heterocycles. The Morgan fingerprint density at radius 2 is 2.08 bits per heavy atom. The molecule has 1 aromatic carbocycles. The first-order valence-corrected chi connectivity index (χ1v) is 8.81. The van der Waals surface area contributed by atoms with Crippen molar-refractivity contribution in [3.05, 3.63) is 53.5 Å². The molecule has 0 aliphatic carbocycles. The van der Waals surface area contributed by atoms with Crippen LogP contribution in [0, 0.1) is 6.92 Å². The highest BCUT2D eigenvalue weighted by Gasteiger charge is 2.18. The highest BCUT2D eigenvalue weighted by atomic mass is 16.7. The van der Waals surface area contributed by atoms with Gasteiger partial charge in [0.05, 0.1) is 6.54 Å². The fourth-order valence-corrected chi connectivity index (χ4v) is 3.20. The molecule has 1 N–H and O–H groups in total. The first kappa shape index (κ1) is 16.7. The molecule has 6 nitrogen and oxygen atoms in total. The lowest BCUT2D eigenvalue weighted by Crippen LogP contribution is -2.39. The molecule has 1 aromatic heterocycles. The maximum absolute atomic E-state index is 12.2. The molecule has 1 amide bonds. The molecule has 0 atom stereocenters. The Morgan fingerprint density at radius 1 is 1.19 bits per heavy atom. The highest BCUT2D eigenvalue weighted by Crippen LogP contribution is 2.32. The van der Waals surface area contributed by atoms with Gasteiger partial charge in [0.2, 0.25) is 12.7 Å². The van der Waals surface area contributed by atoms with Crippen molar-refractivity contribution in [3.63, 3.8) is 0 Å². The topological polar surface area (TPSA) is 63.9 Å². The van der Waals surface area contributed by atoms with Crippen molar-refractivity contribution in [2.45, 2.75) is 19.9 Å². The van der Waals surface area contributed by atoms with Gasteiger partial charge in [-0.25, -0.2) is 0 Å². The standard InChI is InChI=1S/C20H22N2O4/c1-14-2-4-17(26-14)16-6-8-22(9-7-16)12-20(23)21-11-15-3-5-18-19(10-15)25-13-24-18/h2-6,10H,7-9,11-13H2,1H3,(H,21,23). The van der Waals surface area contributed by atoms with Crippen LogP contribution >= 0.6 is 0 Å². The first-order chi connectivity index (χ1) is 12.7. The molecule has 0 bridgehead atoms. The van der Waals surface area contributed by atoms with Gasteiger partial charge in [-0.15, -0.1) is 0 Å². The number of rotatable bonds is 5. The molecule has 4 rings (SSSR count). The van der Waals surface area contributed by atoms with Gasteiger partial charge in [0, 0.05) is 19.6 Å². The van der Waals surface area contributed by atoms with Crippen LogP contribution in [0.2, 0.25) is 0 Å². The summed E-state index contributed by atoms with van der Waals surface area (Å²) >= 11 is 0. The zero-order valence-corrected chi connectivity index (χ0v) is 14.8. The maximum Gasteiger partial charge on any atom is 0.234 e. The monoisotopic (exact) mass is 354 g/mol. The van der Waals surface area contributed by atoms with Crippen molar-refractivity contribution >= 4 is 11.5 Å². The second-order valence-corrected chi connectivity index (χ2v) is 6.59. The summed E-state index contributed by atoms with van der Waals surface area (Å²) in [7, 11) is 0. The van der Waals surface area contributed by atoms with Crippen LogP contribution < -0.4 is 14.8 Å². The van der Waals surface area contributed by atoms with Crippen LogP contribution in [-0.4, -0.2) is 37.2 Å². The van der Waals surface area contributed by atoms with Gasteiger partial charge < -0.3 is 19.2 Å². The van der Waals surface area contributed by atoms with E-state index >= 15 is 0 Å². The third-order valence-corrected chi connectivity index (χ3v) is 4.64. The van der Waals surface area contributed by atoms with Gasteiger partial charge in [-0.3, -0.25) is 9.69 Å². The summed E-state index contributed by atoms with van der Waals surface area (Å²) in [6, 6.07) is 9.71. The molecule has 0 saturated carbocycles. The lowest BCUT2D eigenvalue weighted by molar-refractivity contribution is -0.122. The molecule has 2 aliphatic rings. The smallest absolute Gasteiger partial charge is 0.234 e. The fourth-order valence-electron chi connectivity index (χ4n) is 3.20. The predicted octanol–water partition coefficient (Wildman–Crippen LogP) is 2.72. The van der Waals surface area contributed by atoms with Crippen LogP contribution in [-0.2, 0) is 11.3 Å². The van der Waals surface area contributed by atoms with E-state index in [0.29, 0.717) is 13.1 Å². The molecule has 6 heteroatoms. The van der Waals surface area contributed by atoms with E-state index in [1.807, 2.05) is 37.3 Å². The van der Waals surface area contributed by atoms with Crippen LogP contribution in [0.25, 0.3) is 5.57 Å². The number of nitrogens with one attached hydrogen (secondary N) is 1. The summed E-state index contributed by atoms with van der Waals surface area (Å²) < 4.78 is 16.3. The minimum Gasteiger partial charge on any atom is -0.462 e. The number of furan rings is 1. The van der Waals surface area contributed by atoms with Crippen molar-refractivity contribution in [3.8, 4) is 11.5 Å². The summed E-state index contributed by atoms with van der Waals surface area (Å²) in [6.45, 7) is 4.69. The summed E-state index contributed by atoms with van der Waals surface area (Å²) in [4.78, 5) is 14.4. The van der Waals surface area contributed by atoms with Crippen LogP contribution in [0.3, 0.4) is 0 Å². The van der Waals surface area contributed by atoms with E-state index in [-0.39, 0.29) is 12.7 Å². The number of nitrogens with zero attached hydrogens (tertiary/aromatic N) is 1. The molecule has 0 spiro atoms. The van der Waals surface area contributed by atoms with E-state index in [9.17, 15) is 4.79 Å². The van der Waals surface area contributed by atoms with E-state index in [1.54, 1.807) is 0 Å².